The molecule has 1 N–H and O–H groups in total. The molecule has 0 bridgehead atoms. The maximum Gasteiger partial charge on any atom is 0.416 e. The Morgan fingerprint density at radius 3 is 2.78 bits per heavy atom. The molecule has 2 atom stereocenters. The molecule has 1 aromatic carbocycles. The van der Waals surface area contributed by atoms with E-state index in [0.717, 1.165) is 11.8 Å². The third-order valence-electron chi connectivity index (χ3n) is 4.26. The smallest absolute Gasteiger partial charge is 0.392 e. The van der Waals surface area contributed by atoms with Crippen molar-refractivity contribution in [1.29, 1.82) is 0 Å². The highest BCUT2D eigenvalue weighted by Gasteiger charge is 2.35. The Morgan fingerprint density at radius 2 is 2.13 bits per heavy atom. The number of aliphatic hydroxyl groups is 1. The van der Waals surface area contributed by atoms with E-state index in [0.29, 0.717) is 25.1 Å². The highest BCUT2D eigenvalue weighted by Crippen LogP contribution is 2.36. The van der Waals surface area contributed by atoms with Gasteiger partial charge in [-0.1, -0.05) is 12.1 Å². The highest BCUT2D eigenvalue weighted by molar-refractivity contribution is 5.29. The number of β-amino-alcohol motifs (C(OH)–C–C–N with tert-alkyl or cyclic N) is 1. The molecule has 1 fully saturated rings. The van der Waals surface area contributed by atoms with Crippen molar-refractivity contribution < 1.29 is 18.3 Å². The number of rotatable bonds is 3. The topological polar surface area (TPSA) is 41.3 Å². The quantitative estimate of drug-likeness (QED) is 0.943. The van der Waals surface area contributed by atoms with Crippen molar-refractivity contribution in [3.05, 3.63) is 53.6 Å². The number of nitrogens with zero attached hydrogens (tertiary/aromatic N) is 3. The maximum atomic E-state index is 12.9. The van der Waals surface area contributed by atoms with Gasteiger partial charge in [0.05, 0.1) is 23.7 Å². The molecule has 0 spiro atoms. The fourth-order valence-corrected chi connectivity index (χ4v) is 3.07. The zero-order valence-electron chi connectivity index (χ0n) is 12.7. The van der Waals surface area contributed by atoms with Crippen molar-refractivity contribution in [3.8, 4) is 0 Å². The summed E-state index contributed by atoms with van der Waals surface area (Å²) in [6.45, 7) is 0.973. The van der Waals surface area contributed by atoms with Crippen molar-refractivity contribution in [2.24, 2.45) is 7.05 Å². The first kappa shape index (κ1) is 16.0. The maximum absolute atomic E-state index is 12.9. The van der Waals surface area contributed by atoms with Crippen molar-refractivity contribution in [2.45, 2.75) is 31.3 Å². The molecule has 0 amide bonds. The molecule has 2 unspecified atom stereocenters. The van der Waals surface area contributed by atoms with E-state index in [-0.39, 0.29) is 6.04 Å². The summed E-state index contributed by atoms with van der Waals surface area (Å²) in [7, 11) is 1.87. The lowest BCUT2D eigenvalue weighted by Crippen LogP contribution is -2.25. The van der Waals surface area contributed by atoms with Crippen LogP contribution in [0, 0.1) is 0 Å². The van der Waals surface area contributed by atoms with Crippen LogP contribution in [0.25, 0.3) is 0 Å². The number of likely N-dealkylation sites (tertiary alicyclic amines) is 1. The number of aromatic nitrogens is 2. The lowest BCUT2D eigenvalue weighted by Gasteiger charge is -2.25. The minimum atomic E-state index is -4.36. The van der Waals surface area contributed by atoms with Gasteiger partial charge in [0.15, 0.2) is 0 Å². The highest BCUT2D eigenvalue weighted by atomic mass is 19.4. The predicted molar refractivity (Wildman–Crippen MR) is 78.4 cm³/mol. The molecule has 2 aromatic rings. The van der Waals surface area contributed by atoms with Gasteiger partial charge in [-0.25, -0.2) is 4.98 Å². The molecule has 1 aliphatic rings. The fourth-order valence-electron chi connectivity index (χ4n) is 3.07. The summed E-state index contributed by atoms with van der Waals surface area (Å²) in [6.07, 6.45) is -1.06. The van der Waals surface area contributed by atoms with E-state index in [2.05, 4.69) is 4.98 Å². The van der Waals surface area contributed by atoms with Crippen LogP contribution >= 0.6 is 0 Å². The van der Waals surface area contributed by atoms with Gasteiger partial charge in [0, 0.05) is 32.4 Å². The Kier molecular flexibility index (Phi) is 4.16. The van der Waals surface area contributed by atoms with Gasteiger partial charge < -0.3 is 9.67 Å². The molecule has 1 aromatic heterocycles. The van der Waals surface area contributed by atoms with E-state index in [1.54, 1.807) is 18.6 Å². The Hall–Kier alpha value is -1.86. The molecule has 4 nitrogen and oxygen atoms in total. The van der Waals surface area contributed by atoms with Crippen molar-refractivity contribution in [2.75, 3.05) is 6.54 Å². The first-order chi connectivity index (χ1) is 10.8. The van der Waals surface area contributed by atoms with E-state index >= 15 is 0 Å². The minimum absolute atomic E-state index is 0.234. The number of aliphatic hydroxyl groups excluding tert-OH is 1. The normalized spacial score (nSPS) is 22.7. The third-order valence-corrected chi connectivity index (χ3v) is 4.26. The molecule has 0 saturated carbocycles. The summed E-state index contributed by atoms with van der Waals surface area (Å²) in [6, 6.07) is 5.13. The van der Waals surface area contributed by atoms with Crippen LogP contribution in [0.1, 0.15) is 29.3 Å². The van der Waals surface area contributed by atoms with Crippen LogP contribution in [0.3, 0.4) is 0 Å². The number of imidazole rings is 1. The standard InChI is InChI=1S/C16H18F3N3O/c1-21-10-20-7-13(21)8-22-9-14(23)6-15(22)11-3-2-4-12(5-11)16(17,18)19/h2-5,7,10,14-15,23H,6,8-9H2,1H3. The summed E-state index contributed by atoms with van der Waals surface area (Å²) in [5, 5.41) is 9.97. The van der Waals surface area contributed by atoms with Gasteiger partial charge in [0.2, 0.25) is 0 Å². The van der Waals surface area contributed by atoms with Crippen LogP contribution in [0.2, 0.25) is 0 Å². The summed E-state index contributed by atoms with van der Waals surface area (Å²) < 4.78 is 40.6. The van der Waals surface area contributed by atoms with Crippen LogP contribution < -0.4 is 0 Å². The van der Waals surface area contributed by atoms with E-state index < -0.39 is 17.8 Å². The van der Waals surface area contributed by atoms with Crippen molar-refractivity contribution in [1.82, 2.24) is 14.5 Å². The van der Waals surface area contributed by atoms with E-state index in [1.165, 1.54) is 12.1 Å². The van der Waals surface area contributed by atoms with E-state index in [1.807, 2.05) is 16.5 Å². The van der Waals surface area contributed by atoms with Gasteiger partial charge in [-0.15, -0.1) is 0 Å². The number of benzene rings is 1. The molecule has 7 heteroatoms. The Balaban J connectivity index is 1.86. The van der Waals surface area contributed by atoms with Gasteiger partial charge in [0.25, 0.3) is 0 Å². The number of hydrogen-bond donors (Lipinski definition) is 1. The average Bonchev–Trinajstić information content (AvgIpc) is 3.05. The van der Waals surface area contributed by atoms with Crippen LogP contribution in [0.15, 0.2) is 36.8 Å². The molecule has 124 valence electrons. The SMILES string of the molecule is Cn1cncc1CN1CC(O)CC1c1cccc(C(F)(F)F)c1. The Morgan fingerprint density at radius 1 is 1.35 bits per heavy atom. The van der Waals surface area contributed by atoms with Gasteiger partial charge >= 0.3 is 6.18 Å². The lowest BCUT2D eigenvalue weighted by atomic mass is 10.0. The molecular weight excluding hydrogens is 307 g/mol. The second-order valence-electron chi connectivity index (χ2n) is 5.95. The molecule has 2 heterocycles. The first-order valence-corrected chi connectivity index (χ1v) is 7.39. The van der Waals surface area contributed by atoms with Crippen LogP contribution in [-0.2, 0) is 19.8 Å². The largest absolute Gasteiger partial charge is 0.416 e. The fraction of sp³-hybridized carbons (Fsp3) is 0.438. The van der Waals surface area contributed by atoms with Gasteiger partial charge in [-0.2, -0.15) is 13.2 Å². The second-order valence-corrected chi connectivity index (χ2v) is 5.95. The Bertz CT molecular complexity index is 683. The number of aryl methyl sites for hydroxylation is 1. The Labute approximate surface area is 132 Å². The summed E-state index contributed by atoms with van der Waals surface area (Å²) in [5.41, 5.74) is 0.881. The molecule has 3 rings (SSSR count). The van der Waals surface area contributed by atoms with E-state index in [9.17, 15) is 18.3 Å². The minimum Gasteiger partial charge on any atom is -0.392 e. The zero-order chi connectivity index (χ0) is 16.6. The van der Waals surface area contributed by atoms with Gasteiger partial charge in [-0.3, -0.25) is 4.90 Å². The number of hydrogen-bond acceptors (Lipinski definition) is 3. The predicted octanol–water partition coefficient (Wildman–Crippen LogP) is 2.75. The van der Waals surface area contributed by atoms with Crippen molar-refractivity contribution >= 4 is 0 Å². The second kappa shape index (κ2) is 5.98. The molecule has 0 radical (unpaired) electrons. The first-order valence-electron chi connectivity index (χ1n) is 7.39. The van der Waals surface area contributed by atoms with Crippen LogP contribution in [-0.4, -0.2) is 32.2 Å². The molecule has 1 saturated heterocycles. The molecular formula is C16H18F3N3O. The van der Waals surface area contributed by atoms with E-state index in [4.69, 9.17) is 0 Å². The molecule has 23 heavy (non-hydrogen) atoms. The molecule has 0 aliphatic carbocycles. The zero-order valence-corrected chi connectivity index (χ0v) is 12.7. The van der Waals surface area contributed by atoms with Crippen molar-refractivity contribution in [3.63, 3.8) is 0 Å². The number of halogens is 3. The average molecular weight is 325 g/mol. The lowest BCUT2D eigenvalue weighted by molar-refractivity contribution is -0.137. The summed E-state index contributed by atoms with van der Waals surface area (Å²) >= 11 is 0. The van der Waals surface area contributed by atoms with Gasteiger partial charge in [-0.05, 0) is 24.1 Å². The van der Waals surface area contributed by atoms with Gasteiger partial charge in [0.1, 0.15) is 0 Å². The third kappa shape index (κ3) is 3.40. The monoisotopic (exact) mass is 325 g/mol. The number of alkyl halides is 3. The summed E-state index contributed by atoms with van der Waals surface area (Å²) in [5.74, 6) is 0. The summed E-state index contributed by atoms with van der Waals surface area (Å²) in [4.78, 5) is 6.05. The van der Waals surface area contributed by atoms with Crippen LogP contribution in [0.5, 0.6) is 0 Å². The van der Waals surface area contributed by atoms with Crippen LogP contribution in [0.4, 0.5) is 13.2 Å². The molecule has 1 aliphatic heterocycles.